The molecule has 0 radical (unpaired) electrons. The number of rotatable bonds is 2. The SMILES string of the molecule is BBC(CC(C)(C)C)C(C)(C)C. The average molecular weight is 166 g/mol. The first-order chi connectivity index (χ1) is 5.17. The molecule has 0 aliphatic carbocycles. The minimum absolute atomic E-state index is 0.474. The molecule has 0 bridgehead atoms. The van der Waals surface area contributed by atoms with Crippen molar-refractivity contribution in [2.24, 2.45) is 10.8 Å². The lowest BCUT2D eigenvalue weighted by Gasteiger charge is -2.35. The Labute approximate surface area is 80.1 Å². The lowest BCUT2D eigenvalue weighted by atomic mass is 9.40. The average Bonchev–Trinajstić information content (AvgIpc) is 1.78. The Morgan fingerprint density at radius 1 is 1.08 bits per heavy atom. The highest BCUT2D eigenvalue weighted by molar-refractivity contribution is 6.90. The van der Waals surface area contributed by atoms with Gasteiger partial charge >= 0.3 is 0 Å². The molecule has 0 nitrogen and oxygen atoms in total. The molecule has 0 aromatic rings. The first-order valence-corrected chi connectivity index (χ1v) is 5.17. The van der Waals surface area contributed by atoms with E-state index in [9.17, 15) is 0 Å². The second-order valence-electron chi connectivity index (χ2n) is 6.24. The Kier molecular flexibility index (Phi) is 3.93. The minimum Gasteiger partial charge on any atom is -0.0684 e. The van der Waals surface area contributed by atoms with Gasteiger partial charge < -0.3 is 0 Å². The quantitative estimate of drug-likeness (QED) is 0.551. The van der Waals surface area contributed by atoms with Crippen LogP contribution < -0.4 is 0 Å². The Bertz CT molecular complexity index is 128. The van der Waals surface area contributed by atoms with E-state index in [4.69, 9.17) is 0 Å². The van der Waals surface area contributed by atoms with Crippen molar-refractivity contribution in [3.63, 3.8) is 0 Å². The summed E-state index contributed by atoms with van der Waals surface area (Å²) in [5, 5.41) is 0. The van der Waals surface area contributed by atoms with Crippen molar-refractivity contribution in [1.29, 1.82) is 0 Å². The monoisotopic (exact) mass is 166 g/mol. The Morgan fingerprint density at radius 2 is 1.50 bits per heavy atom. The summed E-state index contributed by atoms with van der Waals surface area (Å²) < 4.78 is 0. The van der Waals surface area contributed by atoms with E-state index in [0.29, 0.717) is 10.8 Å². The van der Waals surface area contributed by atoms with E-state index in [0.717, 1.165) is 5.82 Å². The summed E-state index contributed by atoms with van der Waals surface area (Å²) in [6.45, 7) is 14.1. The molecule has 1 unspecified atom stereocenters. The fraction of sp³-hybridized carbons (Fsp3) is 1.00. The van der Waals surface area contributed by atoms with Crippen LogP contribution in [0, 0.1) is 10.8 Å². The van der Waals surface area contributed by atoms with Crippen molar-refractivity contribution in [2.45, 2.75) is 53.8 Å². The highest BCUT2D eigenvalue weighted by Gasteiger charge is 2.27. The van der Waals surface area contributed by atoms with Crippen molar-refractivity contribution in [2.75, 3.05) is 0 Å². The molecule has 0 saturated heterocycles. The van der Waals surface area contributed by atoms with Gasteiger partial charge in [0.15, 0.2) is 0 Å². The molecule has 0 aliphatic heterocycles. The molecule has 12 heavy (non-hydrogen) atoms. The molecule has 70 valence electrons. The summed E-state index contributed by atoms with van der Waals surface area (Å²) >= 11 is 0. The van der Waals surface area contributed by atoms with Crippen LogP contribution in [0.3, 0.4) is 0 Å². The standard InChI is InChI=1S/C10H24B2/c1-9(2,3)7-8(12-11)10(4,5)6/h8,12H,7,11H2,1-6H3. The Morgan fingerprint density at radius 3 is 1.58 bits per heavy atom. The third-order valence-electron chi connectivity index (χ3n) is 2.58. The second-order valence-corrected chi connectivity index (χ2v) is 6.24. The molecule has 0 aliphatic rings. The zero-order valence-corrected chi connectivity index (χ0v) is 9.99. The van der Waals surface area contributed by atoms with Crippen LogP contribution >= 0.6 is 0 Å². The van der Waals surface area contributed by atoms with Crippen molar-refractivity contribution in [3.05, 3.63) is 0 Å². The maximum atomic E-state index is 2.35. The predicted octanol–water partition coefficient (Wildman–Crippen LogP) is 2.24. The summed E-state index contributed by atoms with van der Waals surface area (Å²) in [5.41, 5.74) is 0.954. The lowest BCUT2D eigenvalue weighted by molar-refractivity contribution is 0.275. The van der Waals surface area contributed by atoms with Gasteiger partial charge in [-0.05, 0) is 10.8 Å². The molecule has 0 amide bonds. The smallest absolute Gasteiger partial charge is 0.0684 e. The van der Waals surface area contributed by atoms with Gasteiger partial charge in [0.25, 0.3) is 0 Å². The lowest BCUT2D eigenvalue weighted by Crippen LogP contribution is -2.25. The second kappa shape index (κ2) is 3.89. The Balaban J connectivity index is 4.20. The highest BCUT2D eigenvalue weighted by Crippen LogP contribution is 2.39. The molecular formula is C10H24B2. The summed E-state index contributed by atoms with van der Waals surface area (Å²) in [5.74, 6) is 0.859. The normalized spacial score (nSPS) is 15.8. The number of hydrogen-bond acceptors (Lipinski definition) is 0. The molecule has 2 heteroatoms. The van der Waals surface area contributed by atoms with Crippen LogP contribution in [-0.2, 0) is 0 Å². The van der Waals surface area contributed by atoms with Gasteiger partial charge in [0, 0.05) is 0 Å². The van der Waals surface area contributed by atoms with Crippen LogP contribution in [0.5, 0.6) is 0 Å². The van der Waals surface area contributed by atoms with E-state index in [1.54, 1.807) is 0 Å². The van der Waals surface area contributed by atoms with Gasteiger partial charge in [0.2, 0.25) is 0 Å². The van der Waals surface area contributed by atoms with Crippen LogP contribution in [-0.4, -0.2) is 14.9 Å². The van der Waals surface area contributed by atoms with Crippen LogP contribution in [0.4, 0.5) is 0 Å². The van der Waals surface area contributed by atoms with E-state index in [2.05, 4.69) is 49.3 Å². The van der Waals surface area contributed by atoms with E-state index in [-0.39, 0.29) is 0 Å². The molecule has 0 rings (SSSR count). The summed E-state index contributed by atoms with van der Waals surface area (Å²) in [4.78, 5) is 0. The van der Waals surface area contributed by atoms with Gasteiger partial charge in [-0.2, -0.15) is 0 Å². The molecule has 0 saturated carbocycles. The molecule has 1 atom stereocenters. The van der Waals surface area contributed by atoms with Crippen LogP contribution in [0.25, 0.3) is 0 Å². The van der Waals surface area contributed by atoms with Crippen LogP contribution in [0.1, 0.15) is 48.0 Å². The number of hydrogen-bond donors (Lipinski definition) is 0. The summed E-state index contributed by atoms with van der Waals surface area (Å²) in [7, 11) is 3.61. The molecule has 0 N–H and O–H groups in total. The van der Waals surface area contributed by atoms with E-state index in [1.807, 2.05) is 0 Å². The molecular weight excluding hydrogens is 142 g/mol. The first-order valence-electron chi connectivity index (χ1n) is 5.17. The van der Waals surface area contributed by atoms with E-state index in [1.165, 1.54) is 13.6 Å². The molecule has 0 fully saturated rings. The molecule has 0 aromatic carbocycles. The highest BCUT2D eigenvalue weighted by atomic mass is 14.3. The fourth-order valence-corrected chi connectivity index (χ4v) is 1.80. The maximum Gasteiger partial charge on any atom is 0.0867 e. The third kappa shape index (κ3) is 4.90. The van der Waals surface area contributed by atoms with Crippen molar-refractivity contribution in [3.8, 4) is 0 Å². The Hall–Kier alpha value is 0.130. The van der Waals surface area contributed by atoms with Gasteiger partial charge in [-0.15, -0.1) is 0 Å². The molecule has 0 heterocycles. The van der Waals surface area contributed by atoms with Crippen molar-refractivity contribution >= 4 is 14.9 Å². The van der Waals surface area contributed by atoms with Gasteiger partial charge in [-0.25, -0.2) is 0 Å². The minimum atomic E-state index is 0.474. The third-order valence-corrected chi connectivity index (χ3v) is 2.58. The fourth-order valence-electron chi connectivity index (χ4n) is 1.80. The van der Waals surface area contributed by atoms with Crippen molar-refractivity contribution in [1.82, 2.24) is 0 Å². The van der Waals surface area contributed by atoms with Gasteiger partial charge in [0.1, 0.15) is 0 Å². The van der Waals surface area contributed by atoms with Gasteiger partial charge in [-0.3, -0.25) is 0 Å². The van der Waals surface area contributed by atoms with Crippen molar-refractivity contribution < 1.29 is 0 Å². The van der Waals surface area contributed by atoms with Crippen LogP contribution in [0.15, 0.2) is 0 Å². The summed E-state index contributed by atoms with van der Waals surface area (Å²) in [6.07, 6.45) is 1.34. The first kappa shape index (κ1) is 12.1. The van der Waals surface area contributed by atoms with E-state index >= 15 is 0 Å². The van der Waals surface area contributed by atoms with E-state index < -0.39 is 0 Å². The zero-order valence-electron chi connectivity index (χ0n) is 9.99. The van der Waals surface area contributed by atoms with Crippen LogP contribution in [0.2, 0.25) is 5.82 Å². The van der Waals surface area contributed by atoms with Gasteiger partial charge in [-0.1, -0.05) is 53.8 Å². The maximum absolute atomic E-state index is 2.35. The topological polar surface area (TPSA) is 0 Å². The molecule has 0 aromatic heterocycles. The predicted molar refractivity (Wildman–Crippen MR) is 63.0 cm³/mol. The zero-order chi connectivity index (χ0) is 9.99. The van der Waals surface area contributed by atoms with Gasteiger partial charge in [0.05, 0.1) is 14.9 Å². The largest absolute Gasteiger partial charge is 0.0867 e. The molecule has 0 spiro atoms. The summed E-state index contributed by atoms with van der Waals surface area (Å²) in [6, 6.07) is 0.